The Morgan fingerprint density at radius 2 is 1.91 bits per heavy atom. The van der Waals surface area contributed by atoms with Crippen molar-refractivity contribution in [3.63, 3.8) is 0 Å². The molecule has 0 saturated carbocycles. The van der Waals surface area contributed by atoms with E-state index in [1.165, 1.54) is 0 Å². The molecule has 3 rings (SSSR count). The first-order valence-corrected chi connectivity index (χ1v) is 7.17. The fourth-order valence-corrected chi connectivity index (χ4v) is 2.18. The summed E-state index contributed by atoms with van der Waals surface area (Å²) >= 11 is 11.9. The van der Waals surface area contributed by atoms with Crippen LogP contribution in [0.3, 0.4) is 0 Å². The van der Waals surface area contributed by atoms with E-state index in [4.69, 9.17) is 27.6 Å². The van der Waals surface area contributed by atoms with Crippen LogP contribution in [0, 0.1) is 0 Å². The maximum atomic E-state index is 12.1. The monoisotopic (exact) mass is 332 g/mol. The maximum Gasteiger partial charge on any atom is 0.292 e. The van der Waals surface area contributed by atoms with Crippen LogP contribution in [0.4, 0.5) is 5.82 Å². The van der Waals surface area contributed by atoms with Crippen molar-refractivity contribution in [2.45, 2.75) is 0 Å². The number of carbonyl (C=O) groups is 1. The van der Waals surface area contributed by atoms with Crippen LogP contribution in [-0.2, 0) is 0 Å². The number of hydrogen-bond acceptors (Lipinski definition) is 3. The van der Waals surface area contributed by atoms with Gasteiger partial charge in [-0.2, -0.15) is 0 Å². The van der Waals surface area contributed by atoms with Crippen molar-refractivity contribution in [2.75, 3.05) is 5.32 Å². The van der Waals surface area contributed by atoms with Gasteiger partial charge < -0.3 is 9.73 Å². The van der Waals surface area contributed by atoms with E-state index in [-0.39, 0.29) is 11.7 Å². The molecular formula is C16H10Cl2N2O2. The Bertz CT molecular complexity index is 816. The molecular weight excluding hydrogens is 323 g/mol. The Labute approximate surface area is 136 Å². The second kappa shape index (κ2) is 6.22. The number of nitrogens with one attached hydrogen (secondary N) is 1. The molecule has 22 heavy (non-hydrogen) atoms. The topological polar surface area (TPSA) is 55.1 Å². The first kappa shape index (κ1) is 14.6. The van der Waals surface area contributed by atoms with Crippen molar-refractivity contribution in [3.05, 3.63) is 70.5 Å². The molecule has 0 aliphatic rings. The molecule has 0 aliphatic carbocycles. The van der Waals surface area contributed by atoms with E-state index in [1.54, 1.807) is 54.7 Å². The van der Waals surface area contributed by atoms with Gasteiger partial charge in [-0.25, -0.2) is 4.98 Å². The predicted molar refractivity (Wildman–Crippen MR) is 86.4 cm³/mol. The third-order valence-corrected chi connectivity index (χ3v) is 3.68. The normalized spacial score (nSPS) is 10.5. The van der Waals surface area contributed by atoms with E-state index in [0.717, 1.165) is 5.56 Å². The Morgan fingerprint density at radius 3 is 2.64 bits per heavy atom. The largest absolute Gasteiger partial charge is 0.451 e. The average molecular weight is 333 g/mol. The minimum atomic E-state index is -0.370. The highest BCUT2D eigenvalue weighted by Gasteiger charge is 2.13. The number of anilines is 1. The van der Waals surface area contributed by atoms with Gasteiger partial charge in [0, 0.05) is 11.8 Å². The first-order valence-electron chi connectivity index (χ1n) is 6.41. The molecule has 0 saturated heterocycles. The van der Waals surface area contributed by atoms with Gasteiger partial charge in [-0.1, -0.05) is 29.3 Å². The van der Waals surface area contributed by atoms with Gasteiger partial charge in [-0.05, 0) is 42.5 Å². The zero-order valence-electron chi connectivity index (χ0n) is 11.2. The number of nitrogens with zero attached hydrogens (tertiary/aromatic N) is 1. The Balaban J connectivity index is 1.81. The molecule has 110 valence electrons. The van der Waals surface area contributed by atoms with Gasteiger partial charge in [-0.15, -0.1) is 0 Å². The van der Waals surface area contributed by atoms with Gasteiger partial charge >= 0.3 is 0 Å². The lowest BCUT2D eigenvalue weighted by atomic mass is 10.2. The standard InChI is InChI=1S/C16H10Cl2N2O2/c17-11-5-4-10(9-12(11)18)13-6-7-14(22-13)16(21)20-15-3-1-2-8-19-15/h1-9H,(H,19,20,21). The minimum absolute atomic E-state index is 0.187. The fourth-order valence-electron chi connectivity index (χ4n) is 1.88. The minimum Gasteiger partial charge on any atom is -0.451 e. The highest BCUT2D eigenvalue weighted by Crippen LogP contribution is 2.29. The van der Waals surface area contributed by atoms with Crippen LogP contribution in [0.15, 0.2) is 59.1 Å². The molecule has 4 nitrogen and oxygen atoms in total. The second-order valence-corrected chi connectivity index (χ2v) is 5.28. The highest BCUT2D eigenvalue weighted by atomic mass is 35.5. The molecule has 0 bridgehead atoms. The van der Waals surface area contributed by atoms with Crippen molar-refractivity contribution < 1.29 is 9.21 Å². The van der Waals surface area contributed by atoms with E-state index >= 15 is 0 Å². The molecule has 0 unspecified atom stereocenters. The highest BCUT2D eigenvalue weighted by molar-refractivity contribution is 6.42. The molecule has 3 aromatic rings. The van der Waals surface area contributed by atoms with Crippen LogP contribution in [0.1, 0.15) is 10.6 Å². The quantitative estimate of drug-likeness (QED) is 0.742. The van der Waals surface area contributed by atoms with E-state index < -0.39 is 0 Å². The predicted octanol–water partition coefficient (Wildman–Crippen LogP) is 4.90. The Kier molecular flexibility index (Phi) is 4.13. The first-order chi connectivity index (χ1) is 10.6. The average Bonchev–Trinajstić information content (AvgIpc) is 3.01. The summed E-state index contributed by atoms with van der Waals surface area (Å²) in [4.78, 5) is 16.1. The summed E-state index contributed by atoms with van der Waals surface area (Å²) < 4.78 is 5.56. The van der Waals surface area contributed by atoms with E-state index in [2.05, 4.69) is 10.3 Å². The number of aromatic nitrogens is 1. The molecule has 0 spiro atoms. The third kappa shape index (κ3) is 3.13. The van der Waals surface area contributed by atoms with Crippen molar-refractivity contribution in [3.8, 4) is 11.3 Å². The van der Waals surface area contributed by atoms with Crippen LogP contribution in [0.5, 0.6) is 0 Å². The Morgan fingerprint density at radius 1 is 1.05 bits per heavy atom. The summed E-state index contributed by atoms with van der Waals surface area (Å²) in [6.45, 7) is 0. The number of pyridine rings is 1. The molecule has 2 heterocycles. The number of furan rings is 1. The molecule has 1 aromatic carbocycles. The molecule has 6 heteroatoms. The van der Waals surface area contributed by atoms with Gasteiger partial charge in [0.2, 0.25) is 0 Å². The second-order valence-electron chi connectivity index (χ2n) is 4.46. The molecule has 2 aromatic heterocycles. The maximum absolute atomic E-state index is 12.1. The van der Waals surface area contributed by atoms with E-state index in [1.807, 2.05) is 0 Å². The van der Waals surface area contributed by atoms with Gasteiger partial charge in [-0.3, -0.25) is 4.79 Å². The van der Waals surface area contributed by atoms with Gasteiger partial charge in [0.15, 0.2) is 5.76 Å². The van der Waals surface area contributed by atoms with Gasteiger partial charge in [0.25, 0.3) is 5.91 Å². The van der Waals surface area contributed by atoms with E-state index in [9.17, 15) is 4.79 Å². The summed E-state index contributed by atoms with van der Waals surface area (Å²) in [6, 6.07) is 13.7. The number of benzene rings is 1. The van der Waals surface area contributed by atoms with Crippen LogP contribution in [0.2, 0.25) is 10.0 Å². The number of amides is 1. The SMILES string of the molecule is O=C(Nc1ccccn1)c1ccc(-c2ccc(Cl)c(Cl)c2)o1. The van der Waals surface area contributed by atoms with Crippen LogP contribution >= 0.6 is 23.2 Å². The zero-order chi connectivity index (χ0) is 15.5. The molecule has 0 atom stereocenters. The van der Waals surface area contributed by atoms with Crippen LogP contribution < -0.4 is 5.32 Å². The third-order valence-electron chi connectivity index (χ3n) is 2.94. The summed E-state index contributed by atoms with van der Waals surface area (Å²) in [6.07, 6.45) is 1.60. The Hall–Kier alpha value is -2.30. The van der Waals surface area contributed by atoms with E-state index in [0.29, 0.717) is 21.6 Å². The lowest BCUT2D eigenvalue weighted by Crippen LogP contribution is -2.11. The summed E-state index contributed by atoms with van der Waals surface area (Å²) in [5.74, 6) is 0.807. The van der Waals surface area contributed by atoms with Crippen molar-refractivity contribution in [1.82, 2.24) is 4.98 Å². The van der Waals surface area contributed by atoms with Gasteiger partial charge in [0.05, 0.1) is 10.0 Å². The molecule has 1 N–H and O–H groups in total. The number of rotatable bonds is 3. The van der Waals surface area contributed by atoms with Gasteiger partial charge in [0.1, 0.15) is 11.6 Å². The molecule has 0 aliphatic heterocycles. The molecule has 1 amide bonds. The van der Waals surface area contributed by atoms with Crippen LogP contribution in [-0.4, -0.2) is 10.9 Å². The summed E-state index contributed by atoms with van der Waals surface area (Å²) in [5.41, 5.74) is 0.742. The van der Waals surface area contributed by atoms with Crippen molar-refractivity contribution >= 4 is 34.9 Å². The number of halogens is 2. The van der Waals surface area contributed by atoms with Crippen LogP contribution in [0.25, 0.3) is 11.3 Å². The summed E-state index contributed by atoms with van der Waals surface area (Å²) in [7, 11) is 0. The zero-order valence-corrected chi connectivity index (χ0v) is 12.7. The van der Waals surface area contributed by atoms with Crippen molar-refractivity contribution in [2.24, 2.45) is 0 Å². The smallest absolute Gasteiger partial charge is 0.292 e. The lowest BCUT2D eigenvalue weighted by molar-refractivity contribution is 0.0997. The number of carbonyl (C=O) groups excluding carboxylic acids is 1. The number of hydrogen-bond donors (Lipinski definition) is 1. The fraction of sp³-hybridized carbons (Fsp3) is 0. The lowest BCUT2D eigenvalue weighted by Gasteiger charge is -2.02. The molecule has 0 radical (unpaired) electrons. The van der Waals surface area contributed by atoms with Crippen molar-refractivity contribution in [1.29, 1.82) is 0 Å². The molecule has 0 fully saturated rings. The summed E-state index contributed by atoms with van der Waals surface area (Å²) in [5, 5.41) is 3.54.